The number of hydrogen-bond acceptors (Lipinski definition) is 5. The number of nitrogens with one attached hydrogen (secondary N) is 1. The number of aliphatic hydroxyl groups is 2. The van der Waals surface area contributed by atoms with Crippen LogP contribution >= 0.6 is 0 Å². The molecule has 94 valence electrons. The summed E-state index contributed by atoms with van der Waals surface area (Å²) in [6.45, 7) is 2.01. The molecule has 1 aromatic rings. The van der Waals surface area contributed by atoms with Gasteiger partial charge in [0.2, 0.25) is 0 Å². The van der Waals surface area contributed by atoms with E-state index in [9.17, 15) is 15.0 Å². The maximum atomic E-state index is 11.1. The Morgan fingerprint density at radius 3 is 2.76 bits per heavy atom. The third-order valence-corrected chi connectivity index (χ3v) is 2.49. The van der Waals surface area contributed by atoms with Gasteiger partial charge in [-0.1, -0.05) is 6.07 Å². The van der Waals surface area contributed by atoms with E-state index < -0.39 is 12.2 Å². The number of carbonyl (C=O) groups is 1. The highest BCUT2D eigenvalue weighted by atomic mass is 16.3. The number of aromatic nitrogens is 1. The molecule has 1 heterocycles. The molecule has 0 radical (unpaired) electrons. The van der Waals surface area contributed by atoms with E-state index in [1.807, 2.05) is 0 Å². The molecule has 0 bridgehead atoms. The fraction of sp³-hybridized carbons (Fsp3) is 0.500. The lowest BCUT2D eigenvalue weighted by atomic mass is 10.1. The van der Waals surface area contributed by atoms with E-state index in [1.165, 1.54) is 6.92 Å². The molecule has 0 aliphatic carbocycles. The standard InChI is InChI=1S/C12H18N2O3/c1-8(15)9-4-3-5-10(14-9)12(17)11(16)6-7-13-2/h3-5,11-13,16-17H,6-7H2,1-2H3. The van der Waals surface area contributed by atoms with E-state index in [4.69, 9.17) is 0 Å². The average molecular weight is 238 g/mol. The van der Waals surface area contributed by atoms with Crippen LogP contribution in [0.3, 0.4) is 0 Å². The van der Waals surface area contributed by atoms with Crippen LogP contribution in [0.15, 0.2) is 18.2 Å². The average Bonchev–Trinajstić information content (AvgIpc) is 2.35. The van der Waals surface area contributed by atoms with Crippen LogP contribution in [0.25, 0.3) is 0 Å². The predicted molar refractivity (Wildman–Crippen MR) is 63.8 cm³/mol. The molecule has 0 saturated carbocycles. The van der Waals surface area contributed by atoms with Gasteiger partial charge in [-0.15, -0.1) is 0 Å². The Hall–Kier alpha value is -1.30. The Labute approximate surface area is 101 Å². The summed E-state index contributed by atoms with van der Waals surface area (Å²) in [6.07, 6.45) is -1.54. The minimum atomic E-state index is -1.07. The van der Waals surface area contributed by atoms with Crippen LogP contribution in [-0.4, -0.2) is 40.7 Å². The highest BCUT2D eigenvalue weighted by Gasteiger charge is 2.19. The highest BCUT2D eigenvalue weighted by Crippen LogP contribution is 2.17. The molecular formula is C12H18N2O3. The van der Waals surface area contributed by atoms with Crippen LogP contribution in [0.1, 0.15) is 35.6 Å². The number of nitrogens with zero attached hydrogens (tertiary/aromatic N) is 1. The molecule has 0 aliphatic heterocycles. The van der Waals surface area contributed by atoms with Gasteiger partial charge in [0.1, 0.15) is 11.8 Å². The van der Waals surface area contributed by atoms with E-state index in [1.54, 1.807) is 25.2 Å². The van der Waals surface area contributed by atoms with Crippen molar-refractivity contribution in [1.29, 1.82) is 0 Å². The van der Waals surface area contributed by atoms with E-state index in [-0.39, 0.29) is 5.78 Å². The van der Waals surface area contributed by atoms with Crippen molar-refractivity contribution in [3.05, 3.63) is 29.6 Å². The van der Waals surface area contributed by atoms with Crippen LogP contribution in [0.4, 0.5) is 0 Å². The lowest BCUT2D eigenvalue weighted by Gasteiger charge is -2.17. The molecule has 17 heavy (non-hydrogen) atoms. The lowest BCUT2D eigenvalue weighted by Crippen LogP contribution is -2.24. The maximum Gasteiger partial charge on any atom is 0.178 e. The number of Topliss-reactive ketones (excluding diaryl/α,β-unsaturated/α-hetero) is 1. The van der Waals surface area contributed by atoms with Crippen molar-refractivity contribution < 1.29 is 15.0 Å². The smallest absolute Gasteiger partial charge is 0.178 e. The van der Waals surface area contributed by atoms with Crippen molar-refractivity contribution in [1.82, 2.24) is 10.3 Å². The van der Waals surface area contributed by atoms with Crippen LogP contribution in [-0.2, 0) is 0 Å². The van der Waals surface area contributed by atoms with Crippen LogP contribution in [0, 0.1) is 0 Å². The molecule has 3 N–H and O–H groups in total. The molecule has 1 aromatic heterocycles. The first-order chi connectivity index (χ1) is 8.06. The van der Waals surface area contributed by atoms with Crippen LogP contribution < -0.4 is 5.32 Å². The van der Waals surface area contributed by atoms with Crippen molar-refractivity contribution in [2.75, 3.05) is 13.6 Å². The van der Waals surface area contributed by atoms with Gasteiger partial charge in [-0.25, -0.2) is 4.98 Å². The van der Waals surface area contributed by atoms with E-state index >= 15 is 0 Å². The van der Waals surface area contributed by atoms with Gasteiger partial charge in [-0.2, -0.15) is 0 Å². The molecule has 0 fully saturated rings. The zero-order valence-electron chi connectivity index (χ0n) is 10.1. The Kier molecular flexibility index (Phi) is 5.21. The third kappa shape index (κ3) is 3.89. The summed E-state index contributed by atoms with van der Waals surface area (Å²) >= 11 is 0. The van der Waals surface area contributed by atoms with Crippen molar-refractivity contribution in [2.45, 2.75) is 25.6 Å². The molecule has 0 amide bonds. The predicted octanol–water partition coefficient (Wildman–Crippen LogP) is 0.288. The maximum absolute atomic E-state index is 11.1. The van der Waals surface area contributed by atoms with Crippen LogP contribution in [0.2, 0.25) is 0 Å². The number of carbonyl (C=O) groups excluding carboxylic acids is 1. The summed E-state index contributed by atoms with van der Waals surface area (Å²) in [5, 5.41) is 22.5. The number of pyridine rings is 1. The molecule has 0 aliphatic rings. The van der Waals surface area contributed by atoms with Crippen molar-refractivity contribution in [3.63, 3.8) is 0 Å². The summed E-state index contributed by atoms with van der Waals surface area (Å²) in [5.74, 6) is -0.163. The zero-order valence-corrected chi connectivity index (χ0v) is 10.1. The molecule has 0 spiro atoms. The summed E-state index contributed by atoms with van der Waals surface area (Å²) in [5.41, 5.74) is 0.615. The summed E-state index contributed by atoms with van der Waals surface area (Å²) < 4.78 is 0. The number of ketones is 1. The Morgan fingerprint density at radius 1 is 1.47 bits per heavy atom. The van der Waals surface area contributed by atoms with Gasteiger partial charge in [0.15, 0.2) is 5.78 Å². The molecule has 1 rings (SSSR count). The summed E-state index contributed by atoms with van der Waals surface area (Å²) in [6, 6.07) is 4.82. The van der Waals surface area contributed by atoms with Gasteiger partial charge >= 0.3 is 0 Å². The molecule has 2 atom stereocenters. The van der Waals surface area contributed by atoms with Gasteiger partial charge in [-0.3, -0.25) is 4.79 Å². The topological polar surface area (TPSA) is 82.5 Å². The van der Waals surface area contributed by atoms with Crippen molar-refractivity contribution in [3.8, 4) is 0 Å². The minimum Gasteiger partial charge on any atom is -0.390 e. The van der Waals surface area contributed by atoms with E-state index in [0.29, 0.717) is 24.4 Å². The second kappa shape index (κ2) is 6.44. The van der Waals surface area contributed by atoms with Gasteiger partial charge < -0.3 is 15.5 Å². The van der Waals surface area contributed by atoms with Crippen molar-refractivity contribution in [2.24, 2.45) is 0 Å². The SMILES string of the molecule is CNCCC(O)C(O)c1cccc(C(C)=O)n1. The normalized spacial score (nSPS) is 14.4. The first-order valence-electron chi connectivity index (χ1n) is 5.55. The highest BCUT2D eigenvalue weighted by molar-refractivity contribution is 5.92. The van der Waals surface area contributed by atoms with Gasteiger partial charge in [0, 0.05) is 6.92 Å². The van der Waals surface area contributed by atoms with Crippen molar-refractivity contribution >= 4 is 5.78 Å². The van der Waals surface area contributed by atoms with Gasteiger partial charge in [0.05, 0.1) is 11.8 Å². The quantitative estimate of drug-likeness (QED) is 0.620. The zero-order chi connectivity index (χ0) is 12.8. The Bertz CT molecular complexity index is 382. The molecule has 5 heteroatoms. The number of rotatable bonds is 6. The third-order valence-electron chi connectivity index (χ3n) is 2.49. The Morgan fingerprint density at radius 2 is 2.18 bits per heavy atom. The summed E-state index contributed by atoms with van der Waals surface area (Å²) in [4.78, 5) is 15.2. The minimum absolute atomic E-state index is 0.163. The molecular weight excluding hydrogens is 220 g/mol. The van der Waals surface area contributed by atoms with E-state index in [0.717, 1.165) is 0 Å². The lowest BCUT2D eigenvalue weighted by molar-refractivity contribution is 0.0114. The first kappa shape index (κ1) is 13.8. The van der Waals surface area contributed by atoms with E-state index in [2.05, 4.69) is 10.3 Å². The number of aliphatic hydroxyl groups excluding tert-OH is 2. The molecule has 5 nitrogen and oxygen atoms in total. The monoisotopic (exact) mass is 238 g/mol. The van der Waals surface area contributed by atoms with Crippen LogP contribution in [0.5, 0.6) is 0 Å². The summed E-state index contributed by atoms with van der Waals surface area (Å²) in [7, 11) is 1.77. The van der Waals surface area contributed by atoms with Gasteiger partial charge in [0.25, 0.3) is 0 Å². The Balaban J connectivity index is 2.77. The first-order valence-corrected chi connectivity index (χ1v) is 5.55. The molecule has 2 unspecified atom stereocenters. The largest absolute Gasteiger partial charge is 0.390 e. The fourth-order valence-electron chi connectivity index (χ4n) is 1.46. The fourth-order valence-corrected chi connectivity index (χ4v) is 1.46. The number of hydrogen-bond donors (Lipinski definition) is 3. The second-order valence-corrected chi connectivity index (χ2v) is 3.91. The molecule has 0 saturated heterocycles. The van der Waals surface area contributed by atoms with Gasteiger partial charge in [-0.05, 0) is 32.1 Å². The molecule has 0 aromatic carbocycles. The second-order valence-electron chi connectivity index (χ2n) is 3.91.